The second-order valence-corrected chi connectivity index (χ2v) is 5.59. The van der Waals surface area contributed by atoms with Crippen LogP contribution in [0, 0.1) is 0 Å². The van der Waals surface area contributed by atoms with E-state index in [1.165, 1.54) is 25.1 Å². The molecule has 0 spiro atoms. The first-order valence-electron chi connectivity index (χ1n) is 7.05. The number of rotatable bonds is 7. The molecule has 0 aliphatic carbocycles. The summed E-state index contributed by atoms with van der Waals surface area (Å²) in [7, 11) is 3.08. The second-order valence-electron chi connectivity index (χ2n) is 4.63. The minimum atomic E-state index is -0.195. The van der Waals surface area contributed by atoms with Gasteiger partial charge >= 0.3 is 0 Å². The fraction of sp³-hybridized carbons (Fsp3) is 0.214. The number of amides is 1. The van der Waals surface area contributed by atoms with Gasteiger partial charge in [-0.1, -0.05) is 11.8 Å². The summed E-state index contributed by atoms with van der Waals surface area (Å²) < 4.78 is 10.4. The zero-order chi connectivity index (χ0) is 18.2. The number of thioether (sulfide) groups is 1. The fourth-order valence-corrected chi connectivity index (χ4v) is 2.58. The minimum Gasteiger partial charge on any atom is -0.493 e. The number of anilines is 1. The van der Waals surface area contributed by atoms with Gasteiger partial charge in [-0.05, 0) is 12.1 Å². The lowest BCUT2D eigenvalue weighted by Gasteiger charge is -2.10. The number of hydrogen-bond donors (Lipinski definition) is 5. The van der Waals surface area contributed by atoms with E-state index in [0.29, 0.717) is 28.0 Å². The molecular weight excluding hydrogens is 346 g/mol. The SMILES string of the molecule is COc1ccc(NC(=O)CSc2ncc(/C(=N/N)NN)[nH]2)cc1OC. The Morgan fingerprint density at radius 2 is 2.12 bits per heavy atom. The standard InChI is InChI=1S/C14H19N7O3S/c1-23-10-4-3-8(5-11(10)24-2)18-12(22)7-25-14-17-6-9(19-14)13(20-15)21-16/h3-6H,7,15-16H2,1-2H3,(H,17,19)(H,18,22)(H,20,21). The van der Waals surface area contributed by atoms with E-state index in [-0.39, 0.29) is 17.5 Å². The highest BCUT2D eigenvalue weighted by Crippen LogP contribution is 2.29. The van der Waals surface area contributed by atoms with Crippen LogP contribution in [0.5, 0.6) is 11.5 Å². The maximum Gasteiger partial charge on any atom is 0.234 e. The predicted octanol–water partition coefficient (Wildman–Crippen LogP) is 0.241. The molecule has 1 heterocycles. The molecule has 2 aromatic rings. The maximum absolute atomic E-state index is 12.1. The van der Waals surface area contributed by atoms with E-state index in [0.717, 1.165) is 0 Å². The molecule has 7 N–H and O–H groups in total. The van der Waals surface area contributed by atoms with Crippen LogP contribution in [0.4, 0.5) is 5.69 Å². The van der Waals surface area contributed by atoms with Crippen LogP contribution in [0.25, 0.3) is 0 Å². The molecule has 10 nitrogen and oxygen atoms in total. The highest BCUT2D eigenvalue weighted by molar-refractivity contribution is 7.99. The number of benzene rings is 1. The Hall–Kier alpha value is -2.92. The molecular formula is C14H19N7O3S. The van der Waals surface area contributed by atoms with Crippen molar-refractivity contribution in [3.05, 3.63) is 30.1 Å². The van der Waals surface area contributed by atoms with Gasteiger partial charge in [0.25, 0.3) is 0 Å². The first-order valence-corrected chi connectivity index (χ1v) is 8.04. The summed E-state index contributed by atoms with van der Waals surface area (Å²) in [6.45, 7) is 0. The average molecular weight is 365 g/mol. The maximum atomic E-state index is 12.1. The topological polar surface area (TPSA) is 153 Å². The number of carbonyl (C=O) groups excluding carboxylic acids is 1. The lowest BCUT2D eigenvalue weighted by molar-refractivity contribution is -0.113. The van der Waals surface area contributed by atoms with Crippen molar-refractivity contribution in [2.75, 3.05) is 25.3 Å². The third-order valence-corrected chi connectivity index (χ3v) is 3.97. The van der Waals surface area contributed by atoms with Crippen LogP contribution < -0.4 is 31.9 Å². The van der Waals surface area contributed by atoms with Gasteiger partial charge in [0.15, 0.2) is 22.5 Å². The summed E-state index contributed by atoms with van der Waals surface area (Å²) in [4.78, 5) is 19.1. The van der Waals surface area contributed by atoms with E-state index in [2.05, 4.69) is 25.8 Å². The molecule has 0 fully saturated rings. The minimum absolute atomic E-state index is 0.159. The number of hydrogen-bond acceptors (Lipinski definition) is 8. The second kappa shape index (κ2) is 8.80. The first-order chi connectivity index (χ1) is 12.1. The Morgan fingerprint density at radius 3 is 2.76 bits per heavy atom. The van der Waals surface area contributed by atoms with Crippen LogP contribution in [0.2, 0.25) is 0 Å². The number of aromatic amines is 1. The number of nitrogens with two attached hydrogens (primary N) is 2. The van der Waals surface area contributed by atoms with E-state index in [1.807, 2.05) is 0 Å². The largest absolute Gasteiger partial charge is 0.493 e. The van der Waals surface area contributed by atoms with Crippen molar-refractivity contribution in [3.8, 4) is 11.5 Å². The molecule has 0 saturated heterocycles. The molecule has 1 aromatic carbocycles. The van der Waals surface area contributed by atoms with Crippen LogP contribution in [0.1, 0.15) is 5.69 Å². The van der Waals surface area contributed by atoms with Gasteiger partial charge in [0.2, 0.25) is 5.91 Å². The highest BCUT2D eigenvalue weighted by atomic mass is 32.2. The van der Waals surface area contributed by atoms with Crippen molar-refractivity contribution >= 4 is 29.2 Å². The molecule has 0 radical (unpaired) electrons. The summed E-state index contributed by atoms with van der Waals surface area (Å²) in [5.41, 5.74) is 3.47. The van der Waals surface area contributed by atoms with E-state index in [1.54, 1.807) is 25.3 Å². The first kappa shape index (κ1) is 18.4. The number of hydrazone groups is 1. The van der Waals surface area contributed by atoms with Gasteiger partial charge in [0.05, 0.1) is 26.2 Å². The smallest absolute Gasteiger partial charge is 0.234 e. The van der Waals surface area contributed by atoms with Gasteiger partial charge in [-0.3, -0.25) is 4.79 Å². The number of carbonyl (C=O) groups is 1. The summed E-state index contributed by atoms with van der Waals surface area (Å²) in [6, 6.07) is 5.13. The molecule has 0 bridgehead atoms. The van der Waals surface area contributed by atoms with E-state index < -0.39 is 0 Å². The third kappa shape index (κ3) is 4.78. The molecule has 0 aliphatic rings. The lowest BCUT2D eigenvalue weighted by atomic mass is 10.2. The van der Waals surface area contributed by atoms with Crippen molar-refractivity contribution in [1.29, 1.82) is 0 Å². The number of H-pyrrole nitrogens is 1. The molecule has 1 aromatic heterocycles. The quantitative estimate of drug-likeness (QED) is 0.154. The summed E-state index contributed by atoms with van der Waals surface area (Å²) in [6.07, 6.45) is 1.51. The zero-order valence-electron chi connectivity index (χ0n) is 13.7. The molecule has 0 saturated carbocycles. The van der Waals surface area contributed by atoms with Crippen LogP contribution in [0.15, 0.2) is 34.7 Å². The normalized spacial score (nSPS) is 11.1. The number of nitrogens with one attached hydrogen (secondary N) is 3. The Morgan fingerprint density at radius 1 is 1.36 bits per heavy atom. The monoisotopic (exact) mass is 365 g/mol. The number of amidine groups is 1. The highest BCUT2D eigenvalue weighted by Gasteiger charge is 2.11. The Bertz CT molecular complexity index is 763. The Balaban J connectivity index is 1.93. The molecule has 25 heavy (non-hydrogen) atoms. The number of nitrogens with zero attached hydrogens (tertiary/aromatic N) is 2. The number of methoxy groups -OCH3 is 2. The van der Waals surface area contributed by atoms with Crippen molar-refractivity contribution in [2.24, 2.45) is 16.8 Å². The zero-order valence-corrected chi connectivity index (χ0v) is 14.5. The van der Waals surface area contributed by atoms with Crippen molar-refractivity contribution < 1.29 is 14.3 Å². The molecule has 1 amide bonds. The number of aromatic nitrogens is 2. The van der Waals surface area contributed by atoms with Crippen molar-refractivity contribution in [2.45, 2.75) is 5.16 Å². The van der Waals surface area contributed by atoms with E-state index >= 15 is 0 Å². The number of hydrazine groups is 1. The van der Waals surface area contributed by atoms with Gasteiger partial charge in [-0.2, -0.15) is 5.10 Å². The summed E-state index contributed by atoms with van der Waals surface area (Å²) in [5, 5.41) is 6.78. The Labute approximate surface area is 148 Å². The third-order valence-electron chi connectivity index (χ3n) is 3.08. The average Bonchev–Trinajstić information content (AvgIpc) is 3.09. The fourth-order valence-electron chi connectivity index (χ4n) is 1.93. The van der Waals surface area contributed by atoms with Gasteiger partial charge in [-0.15, -0.1) is 0 Å². The molecule has 134 valence electrons. The van der Waals surface area contributed by atoms with Crippen LogP contribution in [0.3, 0.4) is 0 Å². The van der Waals surface area contributed by atoms with Crippen LogP contribution in [-0.4, -0.2) is 41.7 Å². The molecule has 11 heteroatoms. The van der Waals surface area contributed by atoms with Crippen LogP contribution >= 0.6 is 11.8 Å². The van der Waals surface area contributed by atoms with Gasteiger partial charge in [0, 0.05) is 11.8 Å². The van der Waals surface area contributed by atoms with Gasteiger partial charge < -0.3 is 31.0 Å². The summed E-state index contributed by atoms with van der Waals surface area (Å²) >= 11 is 1.23. The molecule has 2 rings (SSSR count). The number of imidazole rings is 1. The van der Waals surface area contributed by atoms with Crippen LogP contribution in [-0.2, 0) is 4.79 Å². The van der Waals surface area contributed by atoms with Crippen molar-refractivity contribution in [3.63, 3.8) is 0 Å². The van der Waals surface area contributed by atoms with E-state index in [4.69, 9.17) is 21.2 Å². The summed E-state index contributed by atoms with van der Waals surface area (Å²) in [5.74, 6) is 11.8. The number of ether oxygens (including phenoxy) is 2. The predicted molar refractivity (Wildman–Crippen MR) is 95.5 cm³/mol. The van der Waals surface area contributed by atoms with Gasteiger partial charge in [-0.25, -0.2) is 10.8 Å². The van der Waals surface area contributed by atoms with Crippen molar-refractivity contribution in [1.82, 2.24) is 15.4 Å². The molecule has 0 atom stereocenters. The molecule has 0 aliphatic heterocycles. The lowest BCUT2D eigenvalue weighted by Crippen LogP contribution is -2.32. The molecule has 0 unspecified atom stereocenters. The Kier molecular flexibility index (Phi) is 6.48. The van der Waals surface area contributed by atoms with Gasteiger partial charge in [0.1, 0.15) is 5.69 Å². The van der Waals surface area contributed by atoms with E-state index in [9.17, 15) is 4.79 Å².